The Labute approximate surface area is 147 Å². The van der Waals surface area contributed by atoms with Crippen molar-refractivity contribution in [2.24, 2.45) is 17.8 Å². The Bertz CT molecular complexity index is 745. The maximum Gasteiger partial charge on any atom is 0.324 e. The number of hydrogen-bond donors (Lipinski definition) is 2. The van der Waals surface area contributed by atoms with Crippen LogP contribution < -0.4 is 5.32 Å². The Morgan fingerprint density at radius 2 is 2.00 bits per heavy atom. The van der Waals surface area contributed by atoms with Gasteiger partial charge in [0.2, 0.25) is 11.8 Å². The van der Waals surface area contributed by atoms with Crippen LogP contribution in [0.2, 0.25) is 0 Å². The van der Waals surface area contributed by atoms with Crippen molar-refractivity contribution in [2.75, 3.05) is 7.05 Å². The number of imide groups is 1. The van der Waals surface area contributed by atoms with Crippen LogP contribution in [0.5, 0.6) is 0 Å². The lowest BCUT2D eigenvalue weighted by Crippen LogP contribution is -2.56. The Morgan fingerprint density at radius 3 is 2.56 bits per heavy atom. The van der Waals surface area contributed by atoms with E-state index in [9.17, 15) is 19.5 Å². The molecule has 2 N–H and O–H groups in total. The highest BCUT2D eigenvalue weighted by Crippen LogP contribution is 2.50. The lowest BCUT2D eigenvalue weighted by molar-refractivity contribution is -0.151. The topological polar surface area (TPSA) is 86.7 Å². The van der Waals surface area contributed by atoms with Crippen molar-refractivity contribution < 1.29 is 19.5 Å². The monoisotopic (exact) mass is 344 g/mol. The Kier molecular flexibility index (Phi) is 4.19. The van der Waals surface area contributed by atoms with E-state index in [4.69, 9.17) is 0 Å². The highest BCUT2D eigenvalue weighted by molar-refractivity contribution is 6.09. The van der Waals surface area contributed by atoms with Gasteiger partial charge >= 0.3 is 5.97 Å². The molecule has 134 valence electrons. The number of carbonyl (C=O) groups excluding carboxylic acids is 2. The zero-order valence-corrected chi connectivity index (χ0v) is 14.9. The van der Waals surface area contributed by atoms with E-state index in [2.05, 4.69) is 5.32 Å². The number of carboxylic acid groups (broad SMARTS) is 1. The summed E-state index contributed by atoms with van der Waals surface area (Å²) in [5, 5.41) is 13.2. The van der Waals surface area contributed by atoms with Gasteiger partial charge in [-0.15, -0.1) is 0 Å². The molecule has 2 saturated heterocycles. The molecule has 6 nitrogen and oxygen atoms in total. The van der Waals surface area contributed by atoms with Gasteiger partial charge in [-0.1, -0.05) is 43.7 Å². The van der Waals surface area contributed by atoms with Gasteiger partial charge in [0.05, 0.1) is 11.8 Å². The van der Waals surface area contributed by atoms with Crippen molar-refractivity contribution in [3.05, 3.63) is 35.4 Å². The van der Waals surface area contributed by atoms with E-state index in [1.807, 2.05) is 45.0 Å². The zero-order chi connectivity index (χ0) is 18.5. The third-order valence-corrected chi connectivity index (χ3v) is 5.39. The average Bonchev–Trinajstić information content (AvgIpc) is 2.98. The minimum absolute atomic E-state index is 0.0642. The lowest BCUT2D eigenvalue weighted by atomic mass is 9.75. The first kappa shape index (κ1) is 17.6. The van der Waals surface area contributed by atoms with Gasteiger partial charge in [0.1, 0.15) is 5.54 Å². The molecule has 4 unspecified atom stereocenters. The van der Waals surface area contributed by atoms with E-state index >= 15 is 0 Å². The first-order valence-corrected chi connectivity index (χ1v) is 8.58. The minimum Gasteiger partial charge on any atom is -0.480 e. The molecule has 2 fully saturated rings. The normalized spacial score (nSPS) is 31.7. The Morgan fingerprint density at radius 1 is 1.32 bits per heavy atom. The van der Waals surface area contributed by atoms with E-state index in [1.54, 1.807) is 0 Å². The second-order valence-corrected chi connectivity index (χ2v) is 7.65. The van der Waals surface area contributed by atoms with Gasteiger partial charge in [0, 0.05) is 13.1 Å². The molecule has 1 aromatic rings. The van der Waals surface area contributed by atoms with E-state index in [1.165, 1.54) is 7.05 Å². The molecule has 0 bridgehead atoms. The van der Waals surface area contributed by atoms with Crippen molar-refractivity contribution in [1.82, 2.24) is 10.2 Å². The SMILES string of the molecule is Cc1cccc(C2NC(CC(C)C)(C(=O)O)C3C(=O)N(C)C(=O)C23)c1. The molecule has 1 aromatic carbocycles. The third-order valence-electron chi connectivity index (χ3n) is 5.39. The van der Waals surface area contributed by atoms with Crippen molar-refractivity contribution in [2.45, 2.75) is 38.8 Å². The van der Waals surface area contributed by atoms with E-state index < -0.39 is 35.3 Å². The lowest BCUT2D eigenvalue weighted by Gasteiger charge is -2.32. The van der Waals surface area contributed by atoms with Crippen molar-refractivity contribution in [1.29, 1.82) is 0 Å². The average molecular weight is 344 g/mol. The summed E-state index contributed by atoms with van der Waals surface area (Å²) in [7, 11) is 1.44. The fraction of sp³-hybridized carbons (Fsp3) is 0.526. The quantitative estimate of drug-likeness (QED) is 0.813. The largest absolute Gasteiger partial charge is 0.480 e. The molecule has 25 heavy (non-hydrogen) atoms. The van der Waals surface area contributed by atoms with Crippen LogP contribution in [-0.2, 0) is 14.4 Å². The number of rotatable bonds is 4. The predicted molar refractivity (Wildman–Crippen MR) is 91.6 cm³/mol. The number of aliphatic carboxylic acids is 1. The number of carbonyl (C=O) groups is 3. The molecule has 2 amide bonds. The van der Waals surface area contributed by atoms with Crippen molar-refractivity contribution in [3.8, 4) is 0 Å². The first-order chi connectivity index (χ1) is 11.7. The molecule has 0 aliphatic carbocycles. The maximum absolute atomic E-state index is 12.7. The fourth-order valence-corrected chi connectivity index (χ4v) is 4.41. The molecule has 0 spiro atoms. The molecular formula is C19H24N2O4. The third kappa shape index (κ3) is 2.56. The van der Waals surface area contributed by atoms with Crippen LogP contribution in [0.1, 0.15) is 37.4 Å². The van der Waals surface area contributed by atoms with Crippen molar-refractivity contribution in [3.63, 3.8) is 0 Å². The van der Waals surface area contributed by atoms with Crippen LogP contribution in [-0.4, -0.2) is 40.4 Å². The number of hydrogen-bond acceptors (Lipinski definition) is 4. The number of aryl methyl sites for hydroxylation is 1. The summed E-state index contributed by atoms with van der Waals surface area (Å²) < 4.78 is 0. The first-order valence-electron chi connectivity index (χ1n) is 8.58. The molecule has 2 aliphatic rings. The standard InChI is InChI=1S/C19H24N2O4/c1-10(2)9-19(18(24)25)14-13(16(22)21(4)17(14)23)15(20-19)12-7-5-6-11(3)8-12/h5-8,10,13-15,20H,9H2,1-4H3,(H,24,25). The molecule has 4 atom stereocenters. The Hall–Kier alpha value is -2.21. The summed E-state index contributed by atoms with van der Waals surface area (Å²) in [4.78, 5) is 38.8. The van der Waals surface area contributed by atoms with Gasteiger partial charge in [0.15, 0.2) is 0 Å². The highest BCUT2D eigenvalue weighted by Gasteiger charge is 2.67. The minimum atomic E-state index is -1.43. The number of amides is 2. The molecule has 0 aromatic heterocycles. The molecule has 0 saturated carbocycles. The van der Waals surface area contributed by atoms with Gasteiger partial charge in [-0.05, 0) is 24.8 Å². The summed E-state index contributed by atoms with van der Waals surface area (Å²) >= 11 is 0. The van der Waals surface area contributed by atoms with Gasteiger partial charge in [-0.25, -0.2) is 0 Å². The fourth-order valence-electron chi connectivity index (χ4n) is 4.41. The number of fused-ring (bicyclic) bond motifs is 1. The second kappa shape index (κ2) is 5.95. The molecule has 3 rings (SSSR count). The number of nitrogens with zero attached hydrogens (tertiary/aromatic N) is 1. The maximum atomic E-state index is 12.7. The summed E-state index contributed by atoms with van der Waals surface area (Å²) in [6.45, 7) is 5.79. The smallest absolute Gasteiger partial charge is 0.324 e. The predicted octanol–water partition coefficient (Wildman–Crippen LogP) is 1.74. The van der Waals surface area contributed by atoms with E-state index in [0.29, 0.717) is 6.42 Å². The van der Waals surface area contributed by atoms with Gasteiger partial charge in [-0.2, -0.15) is 0 Å². The summed E-state index contributed by atoms with van der Waals surface area (Å²) in [5.41, 5.74) is 0.445. The second-order valence-electron chi connectivity index (χ2n) is 7.65. The highest BCUT2D eigenvalue weighted by atomic mass is 16.4. The number of benzene rings is 1. The molecule has 2 aliphatic heterocycles. The number of likely N-dealkylation sites (tertiary alicyclic amines) is 1. The summed E-state index contributed by atoms with van der Waals surface area (Å²) in [6, 6.07) is 7.17. The zero-order valence-electron chi connectivity index (χ0n) is 14.9. The van der Waals surface area contributed by atoms with Crippen molar-refractivity contribution >= 4 is 17.8 Å². The molecular weight excluding hydrogens is 320 g/mol. The van der Waals surface area contributed by atoms with Crippen LogP contribution in [0.3, 0.4) is 0 Å². The molecule has 6 heteroatoms. The molecule has 2 heterocycles. The van der Waals surface area contributed by atoms with Crippen LogP contribution in [0.25, 0.3) is 0 Å². The molecule has 0 radical (unpaired) electrons. The Balaban J connectivity index is 2.15. The van der Waals surface area contributed by atoms with Crippen LogP contribution >= 0.6 is 0 Å². The number of carboxylic acids is 1. The summed E-state index contributed by atoms with van der Waals surface area (Å²) in [5.74, 6) is -3.27. The van der Waals surface area contributed by atoms with Crippen LogP contribution in [0, 0.1) is 24.7 Å². The van der Waals surface area contributed by atoms with Gasteiger partial charge in [0.25, 0.3) is 0 Å². The van der Waals surface area contributed by atoms with Crippen LogP contribution in [0.15, 0.2) is 24.3 Å². The summed E-state index contributed by atoms with van der Waals surface area (Å²) in [6.07, 6.45) is 0.290. The van der Waals surface area contributed by atoms with E-state index in [-0.39, 0.29) is 11.8 Å². The van der Waals surface area contributed by atoms with Gasteiger partial charge in [-0.3, -0.25) is 24.6 Å². The van der Waals surface area contributed by atoms with Gasteiger partial charge < -0.3 is 5.11 Å². The van der Waals surface area contributed by atoms with E-state index in [0.717, 1.165) is 16.0 Å². The van der Waals surface area contributed by atoms with Crippen LogP contribution in [0.4, 0.5) is 0 Å². The number of nitrogens with one attached hydrogen (secondary N) is 1.